The Balaban J connectivity index is 0.00000529. The number of nitrogens with zero attached hydrogens (tertiary/aromatic N) is 5. The molecule has 9 rings (SSSR count). The van der Waals surface area contributed by atoms with Crippen LogP contribution in [0.25, 0.3) is 43.6 Å². The van der Waals surface area contributed by atoms with E-state index in [2.05, 4.69) is 191 Å². The summed E-state index contributed by atoms with van der Waals surface area (Å²) in [6.45, 7) is 30.7. The molecule has 0 fully saturated rings. The molecule has 8 aromatic rings. The number of hydrogen-bond acceptors (Lipinski definition) is 4. The molecule has 1 aliphatic heterocycles. The van der Waals surface area contributed by atoms with Crippen LogP contribution in [0.1, 0.15) is 79.0 Å². The van der Waals surface area contributed by atoms with Crippen LogP contribution in [-0.2, 0) is 37.3 Å². The van der Waals surface area contributed by atoms with E-state index in [1.54, 1.807) is 0 Å². The van der Waals surface area contributed by atoms with Crippen molar-refractivity contribution in [1.29, 1.82) is 0 Å². The summed E-state index contributed by atoms with van der Waals surface area (Å²) in [6, 6.07) is 51.5. The van der Waals surface area contributed by atoms with E-state index in [-0.39, 0.29) is 37.3 Å². The summed E-state index contributed by atoms with van der Waals surface area (Å²) in [4.78, 5) is 13.3. The van der Waals surface area contributed by atoms with Crippen molar-refractivity contribution in [3.63, 3.8) is 0 Å². The zero-order chi connectivity index (χ0) is 42.8. The topological polar surface area (TPSA) is 37.9 Å². The van der Waals surface area contributed by atoms with Crippen LogP contribution in [0.15, 0.2) is 134 Å². The van der Waals surface area contributed by atoms with Crippen LogP contribution >= 0.6 is 0 Å². The van der Waals surface area contributed by atoms with Crippen molar-refractivity contribution in [3.8, 4) is 28.4 Å². The number of fused-ring (bicyclic) bond motifs is 4. The van der Waals surface area contributed by atoms with Gasteiger partial charge in [-0.05, 0) is 80.3 Å². The van der Waals surface area contributed by atoms with Crippen molar-refractivity contribution in [3.05, 3.63) is 180 Å². The quantitative estimate of drug-likeness (QED) is 0.156. The monoisotopic (exact) mass is 991 g/mol. The van der Waals surface area contributed by atoms with Crippen molar-refractivity contribution in [1.82, 2.24) is 9.55 Å². The molecule has 0 aliphatic carbocycles. The molecule has 62 heavy (non-hydrogen) atoms. The van der Waals surface area contributed by atoms with Gasteiger partial charge in [-0.1, -0.05) is 146 Å². The molecule has 0 bridgehead atoms. The molecular formula is C55H50N5OPt-3. The van der Waals surface area contributed by atoms with Crippen LogP contribution in [0.4, 0.5) is 28.4 Å². The average molecular weight is 992 g/mol. The Morgan fingerprint density at radius 3 is 2.02 bits per heavy atom. The first kappa shape index (κ1) is 42.5. The Morgan fingerprint density at radius 1 is 0.645 bits per heavy atom. The van der Waals surface area contributed by atoms with E-state index in [1.165, 1.54) is 16.7 Å². The van der Waals surface area contributed by atoms with Crippen molar-refractivity contribution in [2.24, 2.45) is 0 Å². The largest absolute Gasteiger partial charge is 0.501 e. The van der Waals surface area contributed by atoms with Gasteiger partial charge < -0.3 is 19.1 Å². The molecular weight excluding hydrogens is 942 g/mol. The van der Waals surface area contributed by atoms with Crippen LogP contribution in [0.3, 0.4) is 0 Å². The molecule has 0 saturated heterocycles. The average Bonchev–Trinajstić information content (AvgIpc) is 3.79. The summed E-state index contributed by atoms with van der Waals surface area (Å²) in [5, 5.41) is 1.93. The minimum absolute atomic E-state index is 0. The second-order valence-corrected chi connectivity index (χ2v) is 19.0. The number of anilines is 4. The van der Waals surface area contributed by atoms with E-state index in [9.17, 15) is 0 Å². The van der Waals surface area contributed by atoms with Gasteiger partial charge in [0, 0.05) is 61.2 Å². The molecule has 314 valence electrons. The van der Waals surface area contributed by atoms with Crippen molar-refractivity contribution >= 4 is 50.2 Å². The van der Waals surface area contributed by atoms with Crippen molar-refractivity contribution in [2.45, 2.75) is 78.6 Å². The molecule has 0 radical (unpaired) electrons. The Morgan fingerprint density at radius 2 is 1.32 bits per heavy atom. The molecule has 0 spiro atoms. The molecule has 0 saturated carbocycles. The van der Waals surface area contributed by atoms with Gasteiger partial charge in [-0.25, -0.2) is 9.83 Å². The number of hydrogen-bond donors (Lipinski definition) is 0. The van der Waals surface area contributed by atoms with E-state index in [1.807, 2.05) is 42.6 Å². The Labute approximate surface area is 380 Å². The standard InChI is InChI=1S/C55H50N5O.Pt/c1-53(2,3)37-26-27-57-51(31-37)60-47-24-15-14-22-44(47)45-33-46(56-10)50(34-49(45)60)61-42-21-16-20-40(32-42)58-35-59(41-29-38(54(4,5)6)28-39(30-41)55(7,8)9)52-43(23-17-25-48(52)58)36-18-12-11-13-19-36;/h11-31,33,35H,1-9H3;/q-3;. The van der Waals surface area contributed by atoms with Gasteiger partial charge in [0.1, 0.15) is 18.1 Å². The predicted molar refractivity (Wildman–Crippen MR) is 252 cm³/mol. The van der Waals surface area contributed by atoms with E-state index in [0.29, 0.717) is 17.2 Å². The first-order valence-electron chi connectivity index (χ1n) is 20.9. The summed E-state index contributed by atoms with van der Waals surface area (Å²) in [5.74, 6) is 1.60. The molecule has 0 N–H and O–H groups in total. The van der Waals surface area contributed by atoms with E-state index in [0.717, 1.165) is 61.5 Å². The van der Waals surface area contributed by atoms with Crippen LogP contribution in [0.2, 0.25) is 0 Å². The zero-order valence-corrected chi connectivity index (χ0v) is 39.0. The molecule has 0 amide bonds. The third-order valence-electron chi connectivity index (χ3n) is 11.6. The second kappa shape index (κ2) is 16.0. The molecule has 0 atom stereocenters. The molecule has 1 aliphatic rings. The van der Waals surface area contributed by atoms with Gasteiger partial charge in [-0.3, -0.25) is 0 Å². The molecule has 3 heterocycles. The molecule has 2 aromatic heterocycles. The number of aromatic nitrogens is 2. The van der Waals surface area contributed by atoms with Crippen molar-refractivity contribution in [2.75, 3.05) is 9.80 Å². The summed E-state index contributed by atoms with van der Waals surface area (Å²) < 4.78 is 8.78. The van der Waals surface area contributed by atoms with Gasteiger partial charge in [-0.15, -0.1) is 36.6 Å². The molecule has 0 unspecified atom stereocenters. The summed E-state index contributed by atoms with van der Waals surface area (Å²) >= 11 is 0. The maximum Gasteiger partial charge on any atom is 0.249 e. The maximum absolute atomic E-state index is 8.24. The number of benzene rings is 6. The molecule has 6 aromatic carbocycles. The Hall–Kier alpha value is -6.15. The van der Waals surface area contributed by atoms with Gasteiger partial charge in [0.05, 0.1) is 0 Å². The SMILES string of the molecule is [C-]#[N+]c1cc2c3ccccc3n(-c3cc(C(C)(C)C)ccn3)c2[c-]c1Oc1[c-]c(N2[CH-]N(c3cc(C(C)(C)C)cc(C(C)(C)C)c3)c3c(-c4ccccc4)cccc32)ccc1.[Pt]. The maximum atomic E-state index is 8.24. The van der Waals surface area contributed by atoms with Crippen LogP contribution in [0.5, 0.6) is 11.5 Å². The van der Waals surface area contributed by atoms with Gasteiger partial charge in [0.15, 0.2) is 0 Å². The minimum atomic E-state index is -0.0637. The van der Waals surface area contributed by atoms with Crippen LogP contribution in [0, 0.1) is 25.4 Å². The fourth-order valence-corrected chi connectivity index (χ4v) is 8.13. The number of ether oxygens (including phenoxy) is 1. The first-order chi connectivity index (χ1) is 29.1. The van der Waals surface area contributed by atoms with Gasteiger partial charge >= 0.3 is 0 Å². The Kier molecular flexibility index (Phi) is 10.9. The third-order valence-corrected chi connectivity index (χ3v) is 11.6. The molecule has 6 nitrogen and oxygen atoms in total. The van der Waals surface area contributed by atoms with Gasteiger partial charge in [-0.2, -0.15) is 6.07 Å². The summed E-state index contributed by atoms with van der Waals surface area (Å²) in [6.07, 6.45) is 1.87. The number of para-hydroxylation sites is 2. The van der Waals surface area contributed by atoms with Gasteiger partial charge in [0.2, 0.25) is 5.69 Å². The summed E-state index contributed by atoms with van der Waals surface area (Å²) in [5.41, 5.74) is 12.0. The fraction of sp³-hybridized carbons (Fsp3) is 0.218. The zero-order valence-electron chi connectivity index (χ0n) is 36.7. The van der Waals surface area contributed by atoms with Gasteiger partial charge in [0.25, 0.3) is 0 Å². The van der Waals surface area contributed by atoms with E-state index >= 15 is 0 Å². The van der Waals surface area contributed by atoms with Crippen LogP contribution in [-0.4, -0.2) is 9.55 Å². The van der Waals surface area contributed by atoms with Crippen molar-refractivity contribution < 1.29 is 25.8 Å². The van der Waals surface area contributed by atoms with E-state index < -0.39 is 0 Å². The number of rotatable bonds is 6. The predicted octanol–water partition coefficient (Wildman–Crippen LogP) is 15.1. The van der Waals surface area contributed by atoms with E-state index in [4.69, 9.17) is 16.3 Å². The summed E-state index contributed by atoms with van der Waals surface area (Å²) in [7, 11) is 0. The molecule has 7 heteroatoms. The smallest absolute Gasteiger partial charge is 0.249 e. The normalized spacial score (nSPS) is 13.0. The fourth-order valence-electron chi connectivity index (χ4n) is 8.13. The Bertz CT molecular complexity index is 2980. The second-order valence-electron chi connectivity index (χ2n) is 19.0. The first-order valence-corrected chi connectivity index (χ1v) is 20.9. The number of pyridine rings is 1. The minimum Gasteiger partial charge on any atom is -0.501 e. The third kappa shape index (κ3) is 7.80. The van der Waals surface area contributed by atoms with Crippen LogP contribution < -0.4 is 14.5 Å².